The second kappa shape index (κ2) is 8.88. The molecule has 106 valence electrons. The van der Waals surface area contributed by atoms with Crippen molar-refractivity contribution < 1.29 is 19.4 Å². The fourth-order valence-corrected chi connectivity index (χ4v) is 1.64. The highest BCUT2D eigenvalue weighted by atomic mass is 16.5. The number of carboxylic acids is 1. The number of carbonyl (C=O) groups is 2. The van der Waals surface area contributed by atoms with E-state index in [1.54, 1.807) is 4.90 Å². The van der Waals surface area contributed by atoms with Gasteiger partial charge in [0.25, 0.3) is 0 Å². The van der Waals surface area contributed by atoms with E-state index < -0.39 is 5.97 Å². The fourth-order valence-electron chi connectivity index (χ4n) is 1.64. The summed E-state index contributed by atoms with van der Waals surface area (Å²) in [6, 6.07) is -0.0306. The minimum Gasteiger partial charge on any atom is -0.481 e. The summed E-state index contributed by atoms with van der Waals surface area (Å²) in [6.07, 6.45) is -0.151. The van der Waals surface area contributed by atoms with Crippen molar-refractivity contribution in [3.05, 3.63) is 0 Å². The second-order valence-corrected chi connectivity index (χ2v) is 4.34. The highest BCUT2D eigenvalue weighted by Crippen LogP contribution is 2.07. The molecule has 0 spiro atoms. The van der Waals surface area contributed by atoms with Crippen LogP contribution in [0.15, 0.2) is 0 Å². The van der Waals surface area contributed by atoms with Gasteiger partial charge in [-0.15, -0.1) is 0 Å². The summed E-state index contributed by atoms with van der Waals surface area (Å²) in [4.78, 5) is 24.1. The van der Waals surface area contributed by atoms with Crippen LogP contribution in [-0.4, -0.2) is 53.7 Å². The SMILES string of the molecule is CCOC(CN)CC(=O)N(CCC(=O)O)C(C)C. The van der Waals surface area contributed by atoms with Gasteiger partial charge in [-0.3, -0.25) is 9.59 Å². The largest absolute Gasteiger partial charge is 0.481 e. The van der Waals surface area contributed by atoms with Crippen molar-refractivity contribution in [2.75, 3.05) is 19.7 Å². The van der Waals surface area contributed by atoms with Crippen LogP contribution in [0.25, 0.3) is 0 Å². The molecule has 1 unspecified atom stereocenters. The summed E-state index contributed by atoms with van der Waals surface area (Å²) in [7, 11) is 0. The third kappa shape index (κ3) is 6.56. The lowest BCUT2D eigenvalue weighted by molar-refractivity contribution is -0.140. The van der Waals surface area contributed by atoms with Crippen LogP contribution in [0.2, 0.25) is 0 Å². The van der Waals surface area contributed by atoms with Crippen molar-refractivity contribution in [2.24, 2.45) is 5.73 Å². The Hall–Kier alpha value is -1.14. The van der Waals surface area contributed by atoms with E-state index in [1.807, 2.05) is 20.8 Å². The zero-order chi connectivity index (χ0) is 14.1. The molecular weight excluding hydrogens is 236 g/mol. The smallest absolute Gasteiger partial charge is 0.305 e. The number of hydrogen-bond donors (Lipinski definition) is 2. The molecule has 0 rings (SSSR count). The Morgan fingerprint density at radius 2 is 2.00 bits per heavy atom. The quantitative estimate of drug-likeness (QED) is 0.628. The molecule has 0 aliphatic carbocycles. The van der Waals surface area contributed by atoms with Gasteiger partial charge in [-0.2, -0.15) is 0 Å². The predicted molar refractivity (Wildman–Crippen MR) is 68.2 cm³/mol. The summed E-state index contributed by atoms with van der Waals surface area (Å²) in [5, 5.41) is 8.66. The van der Waals surface area contributed by atoms with Crippen molar-refractivity contribution in [1.82, 2.24) is 4.90 Å². The standard InChI is InChI=1S/C12H24N2O4/c1-4-18-10(8-13)7-11(15)14(9(2)3)6-5-12(16)17/h9-10H,4-8,13H2,1-3H3,(H,16,17). The number of carboxylic acid groups (broad SMARTS) is 1. The third-order valence-electron chi connectivity index (χ3n) is 2.58. The number of ether oxygens (including phenoxy) is 1. The normalized spacial score (nSPS) is 12.5. The fraction of sp³-hybridized carbons (Fsp3) is 0.833. The van der Waals surface area contributed by atoms with Gasteiger partial charge in [-0.25, -0.2) is 0 Å². The van der Waals surface area contributed by atoms with Gasteiger partial charge in [-0.05, 0) is 20.8 Å². The maximum absolute atomic E-state index is 12.0. The summed E-state index contributed by atoms with van der Waals surface area (Å²) >= 11 is 0. The number of aliphatic carboxylic acids is 1. The molecule has 0 heterocycles. The summed E-state index contributed by atoms with van der Waals surface area (Å²) < 4.78 is 5.33. The van der Waals surface area contributed by atoms with Crippen molar-refractivity contribution in [3.8, 4) is 0 Å². The molecule has 0 aromatic carbocycles. The molecule has 1 atom stereocenters. The minimum absolute atomic E-state index is 0.0306. The highest BCUT2D eigenvalue weighted by Gasteiger charge is 2.21. The Morgan fingerprint density at radius 1 is 1.39 bits per heavy atom. The van der Waals surface area contributed by atoms with E-state index in [1.165, 1.54) is 0 Å². The maximum atomic E-state index is 12.0. The molecule has 1 amide bonds. The average molecular weight is 260 g/mol. The van der Waals surface area contributed by atoms with Gasteiger partial charge in [0.2, 0.25) is 5.91 Å². The lowest BCUT2D eigenvalue weighted by atomic mass is 10.2. The zero-order valence-corrected chi connectivity index (χ0v) is 11.4. The number of carbonyl (C=O) groups excluding carboxylic acids is 1. The highest BCUT2D eigenvalue weighted by molar-refractivity contribution is 5.77. The van der Waals surface area contributed by atoms with Crippen LogP contribution in [0.4, 0.5) is 0 Å². The first-order valence-electron chi connectivity index (χ1n) is 6.25. The third-order valence-corrected chi connectivity index (χ3v) is 2.58. The Labute approximate surface area is 108 Å². The molecule has 0 aliphatic rings. The first-order chi connectivity index (χ1) is 8.42. The molecule has 6 nitrogen and oxygen atoms in total. The molecule has 0 saturated carbocycles. The summed E-state index contributed by atoms with van der Waals surface area (Å²) in [6.45, 7) is 6.57. The van der Waals surface area contributed by atoms with Crippen LogP contribution in [0.3, 0.4) is 0 Å². The summed E-state index contributed by atoms with van der Waals surface area (Å²) in [5.41, 5.74) is 5.52. The first kappa shape index (κ1) is 16.9. The molecular formula is C12H24N2O4. The Bertz CT molecular complexity index is 269. The van der Waals surface area contributed by atoms with E-state index in [-0.39, 0.29) is 44.0 Å². The van der Waals surface area contributed by atoms with Crippen LogP contribution in [0.1, 0.15) is 33.6 Å². The lowest BCUT2D eigenvalue weighted by Crippen LogP contribution is -2.41. The van der Waals surface area contributed by atoms with E-state index >= 15 is 0 Å². The molecule has 0 radical (unpaired) electrons. The van der Waals surface area contributed by atoms with Crippen LogP contribution >= 0.6 is 0 Å². The van der Waals surface area contributed by atoms with Crippen LogP contribution in [0.5, 0.6) is 0 Å². The van der Waals surface area contributed by atoms with Gasteiger partial charge in [0.15, 0.2) is 0 Å². The molecule has 18 heavy (non-hydrogen) atoms. The lowest BCUT2D eigenvalue weighted by Gasteiger charge is -2.28. The van der Waals surface area contributed by atoms with Crippen molar-refractivity contribution in [3.63, 3.8) is 0 Å². The predicted octanol–water partition coefficient (Wildman–Crippen LogP) is 0.452. The molecule has 3 N–H and O–H groups in total. The van der Waals surface area contributed by atoms with E-state index in [0.717, 1.165) is 0 Å². The monoisotopic (exact) mass is 260 g/mol. The number of rotatable bonds is 9. The van der Waals surface area contributed by atoms with E-state index in [2.05, 4.69) is 0 Å². The molecule has 6 heteroatoms. The van der Waals surface area contributed by atoms with E-state index in [0.29, 0.717) is 6.61 Å². The number of hydrogen-bond acceptors (Lipinski definition) is 4. The zero-order valence-electron chi connectivity index (χ0n) is 11.4. The van der Waals surface area contributed by atoms with Gasteiger partial charge in [0, 0.05) is 25.7 Å². The van der Waals surface area contributed by atoms with Crippen molar-refractivity contribution in [1.29, 1.82) is 0 Å². The molecule has 0 aliphatic heterocycles. The molecule has 0 saturated heterocycles. The van der Waals surface area contributed by atoms with Crippen LogP contribution in [-0.2, 0) is 14.3 Å². The number of nitrogens with two attached hydrogens (primary N) is 1. The molecule has 0 fully saturated rings. The van der Waals surface area contributed by atoms with Crippen molar-refractivity contribution >= 4 is 11.9 Å². The van der Waals surface area contributed by atoms with Gasteiger partial charge in [0.1, 0.15) is 0 Å². The van der Waals surface area contributed by atoms with Gasteiger partial charge in [-0.1, -0.05) is 0 Å². The Morgan fingerprint density at radius 3 is 2.39 bits per heavy atom. The average Bonchev–Trinajstić information content (AvgIpc) is 2.27. The number of nitrogens with zero attached hydrogens (tertiary/aromatic N) is 1. The van der Waals surface area contributed by atoms with Gasteiger partial charge in [0.05, 0.1) is 18.9 Å². The Kier molecular flexibility index (Phi) is 8.32. The van der Waals surface area contributed by atoms with E-state index in [9.17, 15) is 9.59 Å². The molecule has 0 aromatic heterocycles. The summed E-state index contributed by atoms with van der Waals surface area (Å²) in [5.74, 6) is -1.02. The Balaban J connectivity index is 4.41. The van der Waals surface area contributed by atoms with Crippen molar-refractivity contribution in [2.45, 2.75) is 45.8 Å². The van der Waals surface area contributed by atoms with Crippen LogP contribution < -0.4 is 5.73 Å². The van der Waals surface area contributed by atoms with E-state index in [4.69, 9.17) is 15.6 Å². The molecule has 0 bridgehead atoms. The van der Waals surface area contributed by atoms with Gasteiger partial charge < -0.3 is 20.5 Å². The first-order valence-corrected chi connectivity index (χ1v) is 6.25. The molecule has 0 aromatic rings. The maximum Gasteiger partial charge on any atom is 0.305 e. The second-order valence-electron chi connectivity index (χ2n) is 4.34. The number of amides is 1. The van der Waals surface area contributed by atoms with Gasteiger partial charge >= 0.3 is 5.97 Å². The minimum atomic E-state index is -0.909. The van der Waals surface area contributed by atoms with Crippen LogP contribution in [0, 0.1) is 0 Å². The topological polar surface area (TPSA) is 92.9 Å².